The largest absolute Gasteiger partial charge is 0.417 e. The molecule has 2 aromatic carbocycles. The van der Waals surface area contributed by atoms with E-state index in [0.29, 0.717) is 5.56 Å². The van der Waals surface area contributed by atoms with E-state index in [4.69, 9.17) is 23.1 Å². The Labute approximate surface area is 193 Å². The number of alkyl halides is 3. The van der Waals surface area contributed by atoms with Crippen LogP contribution in [0.2, 0.25) is 5.02 Å². The van der Waals surface area contributed by atoms with E-state index >= 15 is 0 Å². The van der Waals surface area contributed by atoms with Crippen molar-refractivity contribution in [3.63, 3.8) is 0 Å². The van der Waals surface area contributed by atoms with E-state index in [1.54, 1.807) is 20.8 Å². The van der Waals surface area contributed by atoms with Crippen LogP contribution in [0, 0.1) is 0 Å². The van der Waals surface area contributed by atoms with Crippen molar-refractivity contribution in [1.29, 1.82) is 0 Å². The minimum Gasteiger partial charge on any atom is -0.369 e. The molecule has 8 nitrogen and oxygen atoms in total. The number of nitrogens with one attached hydrogen (secondary N) is 2. The van der Waals surface area contributed by atoms with E-state index in [2.05, 4.69) is 15.8 Å². The standard InChI is InChI=1S/C20H22ClF3N6O2S/c1-18(2,3)30-9-11-5-4-10(6-15(11)33(30,31)32)16-13(19(22,23)24)7-12(8-14(16)21)20(26)27-17(25)28-29-20/h4-8,29H,9,26H2,1-3H3,(H3,25,27,28). The Balaban J connectivity index is 1.90. The quantitative estimate of drug-likeness (QED) is 0.500. The zero-order valence-corrected chi connectivity index (χ0v) is 19.5. The molecular formula is C20H22ClF3N6O2S. The van der Waals surface area contributed by atoms with Crippen LogP contribution in [0.25, 0.3) is 11.1 Å². The third-order valence-corrected chi connectivity index (χ3v) is 7.99. The van der Waals surface area contributed by atoms with Crippen LogP contribution in [0.4, 0.5) is 13.2 Å². The molecule has 2 aliphatic rings. The summed E-state index contributed by atoms with van der Waals surface area (Å²) in [5.41, 5.74) is 14.8. The first-order chi connectivity index (χ1) is 15.0. The normalized spacial score (nSPS) is 22.7. The Morgan fingerprint density at radius 1 is 1.18 bits per heavy atom. The molecule has 1 atom stereocenters. The van der Waals surface area contributed by atoms with E-state index in [9.17, 15) is 21.6 Å². The average Bonchev–Trinajstić information content (AvgIpc) is 3.16. The van der Waals surface area contributed by atoms with Gasteiger partial charge in [-0.3, -0.25) is 11.2 Å². The number of sulfonamides is 1. The molecule has 33 heavy (non-hydrogen) atoms. The molecule has 0 bridgehead atoms. The molecule has 1 unspecified atom stereocenters. The summed E-state index contributed by atoms with van der Waals surface area (Å²) in [5, 5.41) is -0.268. The third kappa shape index (κ3) is 3.95. The molecule has 0 spiro atoms. The molecule has 2 heterocycles. The number of nitrogens with zero attached hydrogens (tertiary/aromatic N) is 2. The number of hydrazine groups is 1. The van der Waals surface area contributed by atoms with E-state index in [1.165, 1.54) is 28.6 Å². The Kier molecular flexibility index (Phi) is 5.26. The summed E-state index contributed by atoms with van der Waals surface area (Å²) in [5.74, 6) is -1.86. The van der Waals surface area contributed by atoms with Gasteiger partial charge in [0.25, 0.3) is 0 Å². The van der Waals surface area contributed by atoms with E-state index in [-0.39, 0.29) is 39.1 Å². The monoisotopic (exact) mass is 502 g/mol. The van der Waals surface area contributed by atoms with E-state index in [1.807, 2.05) is 0 Å². The van der Waals surface area contributed by atoms with Crippen molar-refractivity contribution in [1.82, 2.24) is 15.2 Å². The zero-order chi connectivity index (χ0) is 24.6. The molecular weight excluding hydrogens is 481 g/mol. The van der Waals surface area contributed by atoms with Crippen molar-refractivity contribution < 1.29 is 21.6 Å². The van der Waals surface area contributed by atoms with Crippen LogP contribution in [-0.4, -0.2) is 24.2 Å². The fourth-order valence-corrected chi connectivity index (χ4v) is 6.26. The van der Waals surface area contributed by atoms with Gasteiger partial charge in [0, 0.05) is 28.2 Å². The second kappa shape index (κ2) is 7.31. The van der Waals surface area contributed by atoms with Gasteiger partial charge in [-0.1, -0.05) is 23.7 Å². The second-order valence-corrected chi connectivity index (χ2v) is 11.1. The van der Waals surface area contributed by atoms with Crippen molar-refractivity contribution in [3.8, 4) is 11.1 Å². The Morgan fingerprint density at radius 3 is 2.39 bits per heavy atom. The summed E-state index contributed by atoms with van der Waals surface area (Å²) in [4.78, 5) is 3.85. The van der Waals surface area contributed by atoms with Crippen molar-refractivity contribution in [3.05, 3.63) is 52.0 Å². The number of aliphatic imine (C=N–C) groups is 1. The fourth-order valence-electron chi connectivity index (χ4n) is 3.92. The Morgan fingerprint density at radius 2 is 1.85 bits per heavy atom. The highest BCUT2D eigenvalue weighted by molar-refractivity contribution is 7.89. The molecule has 13 heteroatoms. The van der Waals surface area contributed by atoms with Crippen LogP contribution in [0.1, 0.15) is 37.5 Å². The SMILES string of the molecule is CC(C)(C)N1Cc2ccc(-c3c(Cl)cc(C4(N)N=C(N)NN4)cc3C(F)(F)F)cc2S1(=O)=O. The topological polar surface area (TPSA) is 126 Å². The first-order valence-corrected chi connectivity index (χ1v) is 11.6. The molecule has 0 fully saturated rings. The van der Waals surface area contributed by atoms with Gasteiger partial charge in [0.15, 0.2) is 0 Å². The number of halogens is 4. The molecule has 6 N–H and O–H groups in total. The maximum Gasteiger partial charge on any atom is 0.417 e. The van der Waals surface area contributed by atoms with Crippen molar-refractivity contribution in [2.24, 2.45) is 16.5 Å². The summed E-state index contributed by atoms with van der Waals surface area (Å²) in [6.07, 6.45) is -4.82. The van der Waals surface area contributed by atoms with E-state index < -0.39 is 33.1 Å². The van der Waals surface area contributed by atoms with Crippen LogP contribution in [0.5, 0.6) is 0 Å². The van der Waals surface area contributed by atoms with Crippen LogP contribution in [0.3, 0.4) is 0 Å². The Bertz CT molecular complexity index is 1290. The first-order valence-electron chi connectivity index (χ1n) is 9.79. The maximum atomic E-state index is 14.1. The molecule has 0 amide bonds. The minimum atomic E-state index is -4.82. The predicted molar refractivity (Wildman–Crippen MR) is 118 cm³/mol. The second-order valence-electron chi connectivity index (χ2n) is 8.90. The summed E-state index contributed by atoms with van der Waals surface area (Å²) >= 11 is 6.33. The minimum absolute atomic E-state index is 0.0172. The van der Waals surface area contributed by atoms with Gasteiger partial charge in [-0.25, -0.2) is 13.4 Å². The van der Waals surface area contributed by atoms with Crippen LogP contribution in [0.15, 0.2) is 40.2 Å². The van der Waals surface area contributed by atoms with Gasteiger partial charge in [0.2, 0.25) is 21.8 Å². The van der Waals surface area contributed by atoms with Gasteiger partial charge in [0.05, 0.1) is 10.5 Å². The number of hydrogen-bond donors (Lipinski definition) is 4. The lowest BCUT2D eigenvalue weighted by molar-refractivity contribution is -0.137. The highest BCUT2D eigenvalue weighted by atomic mass is 35.5. The fraction of sp³-hybridized carbons (Fsp3) is 0.350. The van der Waals surface area contributed by atoms with Gasteiger partial charge in [0.1, 0.15) is 0 Å². The highest BCUT2D eigenvalue weighted by Crippen LogP contribution is 2.45. The Hall–Kier alpha value is -2.38. The lowest BCUT2D eigenvalue weighted by Crippen LogP contribution is -2.50. The van der Waals surface area contributed by atoms with Crippen LogP contribution >= 0.6 is 11.6 Å². The predicted octanol–water partition coefficient (Wildman–Crippen LogP) is 2.82. The van der Waals surface area contributed by atoms with Crippen molar-refractivity contribution in [2.75, 3.05) is 0 Å². The van der Waals surface area contributed by atoms with Crippen molar-refractivity contribution in [2.45, 2.75) is 49.7 Å². The lowest BCUT2D eigenvalue weighted by Gasteiger charge is -2.29. The molecule has 0 aromatic heterocycles. The number of hydrogen-bond acceptors (Lipinski definition) is 7. The summed E-state index contributed by atoms with van der Waals surface area (Å²) < 4.78 is 69.8. The molecule has 2 aromatic rings. The third-order valence-electron chi connectivity index (χ3n) is 5.50. The molecule has 0 saturated heterocycles. The average molecular weight is 503 g/mol. The molecule has 178 valence electrons. The number of rotatable bonds is 2. The van der Waals surface area contributed by atoms with Gasteiger partial charge in [-0.05, 0) is 50.1 Å². The smallest absolute Gasteiger partial charge is 0.369 e. The molecule has 0 aliphatic carbocycles. The number of nitrogens with two attached hydrogens (primary N) is 2. The summed E-state index contributed by atoms with van der Waals surface area (Å²) in [7, 11) is -3.89. The van der Waals surface area contributed by atoms with Gasteiger partial charge in [-0.15, -0.1) is 0 Å². The first kappa shape index (κ1) is 23.8. The molecule has 4 rings (SSSR count). The van der Waals surface area contributed by atoms with Gasteiger partial charge in [-0.2, -0.15) is 22.9 Å². The van der Waals surface area contributed by atoms with Gasteiger partial charge >= 0.3 is 6.18 Å². The number of benzene rings is 2. The highest BCUT2D eigenvalue weighted by Gasteiger charge is 2.43. The van der Waals surface area contributed by atoms with Crippen LogP contribution in [-0.2, 0) is 28.5 Å². The zero-order valence-electron chi connectivity index (χ0n) is 17.9. The molecule has 0 radical (unpaired) electrons. The summed E-state index contributed by atoms with van der Waals surface area (Å²) in [6, 6.07) is 6.24. The molecule has 0 saturated carbocycles. The summed E-state index contributed by atoms with van der Waals surface area (Å²) in [6.45, 7) is 5.38. The van der Waals surface area contributed by atoms with E-state index in [0.717, 1.165) is 6.07 Å². The number of fused-ring (bicyclic) bond motifs is 1. The lowest BCUT2D eigenvalue weighted by atomic mass is 9.94. The van der Waals surface area contributed by atoms with Crippen LogP contribution < -0.4 is 22.3 Å². The molecule has 2 aliphatic heterocycles. The van der Waals surface area contributed by atoms with Crippen molar-refractivity contribution >= 4 is 27.6 Å². The number of guanidine groups is 1. The maximum absolute atomic E-state index is 14.1. The van der Waals surface area contributed by atoms with Gasteiger partial charge < -0.3 is 5.73 Å².